The number of carbonyl (C=O) groups excluding carboxylic acids is 1. The lowest BCUT2D eigenvalue weighted by atomic mass is 10.0. The minimum absolute atomic E-state index is 0.00161. The highest BCUT2D eigenvalue weighted by Crippen LogP contribution is 2.33. The fourth-order valence-corrected chi connectivity index (χ4v) is 3.31. The first-order chi connectivity index (χ1) is 8.98. The van der Waals surface area contributed by atoms with E-state index in [0.29, 0.717) is 12.5 Å². The Morgan fingerprint density at radius 2 is 2.00 bits per heavy atom. The Bertz CT molecular complexity index is 324. The lowest BCUT2D eigenvalue weighted by molar-refractivity contribution is -0.134. The van der Waals surface area contributed by atoms with E-state index in [2.05, 4.69) is 12.2 Å². The van der Waals surface area contributed by atoms with Gasteiger partial charge in [-0.2, -0.15) is 0 Å². The Morgan fingerprint density at radius 3 is 2.53 bits per heavy atom. The van der Waals surface area contributed by atoms with E-state index < -0.39 is 0 Å². The number of rotatable bonds is 5. The van der Waals surface area contributed by atoms with Crippen molar-refractivity contribution in [3.63, 3.8) is 0 Å². The van der Waals surface area contributed by atoms with Crippen molar-refractivity contribution < 1.29 is 9.53 Å². The van der Waals surface area contributed by atoms with E-state index in [0.717, 1.165) is 6.42 Å². The van der Waals surface area contributed by atoms with Crippen LogP contribution in [-0.4, -0.2) is 42.3 Å². The molecular formula is C15H28N2O2. The first-order valence-electron chi connectivity index (χ1n) is 7.60. The molecule has 19 heavy (non-hydrogen) atoms. The van der Waals surface area contributed by atoms with Crippen molar-refractivity contribution in [3.8, 4) is 0 Å². The highest BCUT2D eigenvalue weighted by molar-refractivity contribution is 5.84. The normalized spacial score (nSPS) is 29.5. The molecular weight excluding hydrogens is 240 g/mol. The van der Waals surface area contributed by atoms with Gasteiger partial charge in [-0.15, -0.1) is 0 Å². The monoisotopic (exact) mass is 268 g/mol. The van der Waals surface area contributed by atoms with Gasteiger partial charge in [0.1, 0.15) is 0 Å². The number of amides is 1. The minimum atomic E-state index is -0.281. The molecule has 110 valence electrons. The van der Waals surface area contributed by atoms with Crippen LogP contribution in [0.25, 0.3) is 0 Å². The topological polar surface area (TPSA) is 41.6 Å². The lowest BCUT2D eigenvalue weighted by Gasteiger charge is -2.35. The summed E-state index contributed by atoms with van der Waals surface area (Å²) in [5.74, 6) is 0.873. The smallest absolute Gasteiger partial charge is 0.241 e. The molecule has 2 unspecified atom stereocenters. The first kappa shape index (κ1) is 14.8. The van der Waals surface area contributed by atoms with Crippen molar-refractivity contribution in [2.45, 2.75) is 70.7 Å². The van der Waals surface area contributed by atoms with Gasteiger partial charge in [0.05, 0.1) is 24.4 Å². The molecule has 1 N–H and O–H groups in total. The Kier molecular flexibility index (Phi) is 4.51. The van der Waals surface area contributed by atoms with E-state index in [1.54, 1.807) is 7.11 Å². The molecule has 1 saturated carbocycles. The fraction of sp³-hybridized carbons (Fsp3) is 0.933. The first-order valence-corrected chi connectivity index (χ1v) is 7.60. The molecule has 0 spiro atoms. The van der Waals surface area contributed by atoms with Crippen LogP contribution in [0.3, 0.4) is 0 Å². The van der Waals surface area contributed by atoms with Crippen LogP contribution in [-0.2, 0) is 9.53 Å². The molecule has 4 heteroatoms. The molecule has 1 saturated heterocycles. The van der Waals surface area contributed by atoms with E-state index in [1.165, 1.54) is 25.7 Å². The van der Waals surface area contributed by atoms with Crippen LogP contribution in [0.15, 0.2) is 0 Å². The standard InChI is InChI=1S/C15H28N2O2/c1-5-12-14(18)17(10-15(2,3)19-4)13(16-12)11-8-6-7-9-11/h11-13,16H,5-10H2,1-4H3. The number of ether oxygens (including phenoxy) is 1. The molecule has 1 heterocycles. The predicted octanol–water partition coefficient (Wildman–Crippen LogP) is 2.14. The number of nitrogens with one attached hydrogen (secondary N) is 1. The van der Waals surface area contributed by atoms with Crippen LogP contribution in [0.5, 0.6) is 0 Å². The predicted molar refractivity (Wildman–Crippen MR) is 75.8 cm³/mol. The molecule has 4 nitrogen and oxygen atoms in total. The van der Waals surface area contributed by atoms with Crippen molar-refractivity contribution in [3.05, 3.63) is 0 Å². The third kappa shape index (κ3) is 3.11. The second-order valence-electron chi connectivity index (χ2n) is 6.55. The zero-order valence-electron chi connectivity index (χ0n) is 12.7. The number of nitrogens with zero attached hydrogens (tertiary/aromatic N) is 1. The van der Waals surface area contributed by atoms with E-state index in [4.69, 9.17) is 4.74 Å². The number of hydrogen-bond donors (Lipinski definition) is 1. The Balaban J connectivity index is 2.12. The third-order valence-corrected chi connectivity index (χ3v) is 4.65. The van der Waals surface area contributed by atoms with Crippen molar-refractivity contribution in [2.24, 2.45) is 5.92 Å². The number of hydrogen-bond acceptors (Lipinski definition) is 3. The molecule has 0 bridgehead atoms. The maximum Gasteiger partial charge on any atom is 0.241 e. The van der Waals surface area contributed by atoms with Gasteiger partial charge in [-0.25, -0.2) is 0 Å². The molecule has 1 aliphatic heterocycles. The van der Waals surface area contributed by atoms with Gasteiger partial charge in [0.2, 0.25) is 5.91 Å². The van der Waals surface area contributed by atoms with E-state index in [9.17, 15) is 4.79 Å². The van der Waals surface area contributed by atoms with Crippen LogP contribution >= 0.6 is 0 Å². The Hall–Kier alpha value is -0.610. The molecule has 2 aliphatic rings. The molecule has 0 aromatic heterocycles. The van der Waals surface area contributed by atoms with Crippen LogP contribution in [0.2, 0.25) is 0 Å². The largest absolute Gasteiger partial charge is 0.377 e. The maximum atomic E-state index is 12.5. The zero-order chi connectivity index (χ0) is 14.0. The molecule has 2 rings (SSSR count). The molecule has 2 atom stereocenters. The van der Waals surface area contributed by atoms with Gasteiger partial charge in [0, 0.05) is 7.11 Å². The van der Waals surface area contributed by atoms with Crippen LogP contribution < -0.4 is 5.32 Å². The van der Waals surface area contributed by atoms with Crippen LogP contribution in [0, 0.1) is 5.92 Å². The second kappa shape index (κ2) is 5.80. The highest BCUT2D eigenvalue weighted by atomic mass is 16.5. The van der Waals surface area contributed by atoms with Gasteiger partial charge < -0.3 is 9.64 Å². The summed E-state index contributed by atoms with van der Waals surface area (Å²) in [7, 11) is 1.72. The Morgan fingerprint density at radius 1 is 1.37 bits per heavy atom. The van der Waals surface area contributed by atoms with E-state index in [-0.39, 0.29) is 23.7 Å². The van der Waals surface area contributed by atoms with Gasteiger partial charge in [-0.1, -0.05) is 19.8 Å². The van der Waals surface area contributed by atoms with Gasteiger partial charge in [-0.3, -0.25) is 10.1 Å². The number of methoxy groups -OCH3 is 1. The van der Waals surface area contributed by atoms with E-state index in [1.807, 2.05) is 18.7 Å². The average Bonchev–Trinajstić information content (AvgIpc) is 2.99. The summed E-state index contributed by atoms with van der Waals surface area (Å²) in [6.45, 7) is 6.84. The fourth-order valence-electron chi connectivity index (χ4n) is 3.31. The third-order valence-electron chi connectivity index (χ3n) is 4.65. The molecule has 0 radical (unpaired) electrons. The summed E-state index contributed by atoms with van der Waals surface area (Å²) < 4.78 is 5.51. The SMILES string of the molecule is CCC1NC(C2CCCC2)N(CC(C)(C)OC)C1=O. The molecule has 1 aliphatic carbocycles. The summed E-state index contributed by atoms with van der Waals surface area (Å²) in [5.41, 5.74) is -0.281. The van der Waals surface area contributed by atoms with Gasteiger partial charge >= 0.3 is 0 Å². The molecule has 2 fully saturated rings. The lowest BCUT2D eigenvalue weighted by Crippen LogP contribution is -2.49. The highest BCUT2D eigenvalue weighted by Gasteiger charge is 2.44. The molecule has 0 aromatic carbocycles. The van der Waals surface area contributed by atoms with Crippen LogP contribution in [0.1, 0.15) is 52.9 Å². The van der Waals surface area contributed by atoms with E-state index >= 15 is 0 Å². The zero-order valence-corrected chi connectivity index (χ0v) is 12.7. The van der Waals surface area contributed by atoms with Crippen molar-refractivity contribution in [2.75, 3.05) is 13.7 Å². The van der Waals surface area contributed by atoms with Crippen molar-refractivity contribution in [1.82, 2.24) is 10.2 Å². The summed E-state index contributed by atoms with van der Waals surface area (Å²) >= 11 is 0. The summed E-state index contributed by atoms with van der Waals surface area (Å²) in [4.78, 5) is 14.5. The van der Waals surface area contributed by atoms with Crippen molar-refractivity contribution >= 4 is 5.91 Å². The van der Waals surface area contributed by atoms with Gasteiger partial charge in [0.25, 0.3) is 0 Å². The summed E-state index contributed by atoms with van der Waals surface area (Å²) in [5, 5.41) is 3.55. The van der Waals surface area contributed by atoms with Crippen molar-refractivity contribution in [1.29, 1.82) is 0 Å². The average molecular weight is 268 g/mol. The van der Waals surface area contributed by atoms with Crippen LogP contribution in [0.4, 0.5) is 0 Å². The van der Waals surface area contributed by atoms with Gasteiger partial charge in [-0.05, 0) is 39.0 Å². The summed E-state index contributed by atoms with van der Waals surface area (Å²) in [6, 6.07) is -0.00161. The summed E-state index contributed by atoms with van der Waals surface area (Å²) in [6.07, 6.45) is 6.17. The van der Waals surface area contributed by atoms with Gasteiger partial charge in [0.15, 0.2) is 0 Å². The minimum Gasteiger partial charge on any atom is -0.377 e. The molecule has 0 aromatic rings. The number of carbonyl (C=O) groups is 1. The second-order valence-corrected chi connectivity index (χ2v) is 6.55. The maximum absolute atomic E-state index is 12.5. The Labute approximate surface area is 116 Å². The quantitative estimate of drug-likeness (QED) is 0.830. The molecule has 1 amide bonds.